The topological polar surface area (TPSA) is 58.1 Å². The molecule has 2 rings (SSSR count). The molecule has 0 radical (unpaired) electrons. The van der Waals surface area contributed by atoms with Crippen molar-refractivity contribution in [1.29, 1.82) is 0 Å². The van der Waals surface area contributed by atoms with E-state index in [-0.39, 0.29) is 11.8 Å². The van der Waals surface area contributed by atoms with Crippen molar-refractivity contribution in [2.24, 2.45) is 10.9 Å². The lowest BCUT2D eigenvalue weighted by molar-refractivity contribution is -0.0495. The highest BCUT2D eigenvalue weighted by atomic mass is 19.3. The second-order valence-electron chi connectivity index (χ2n) is 7.24. The number of anilines is 1. The third-order valence-corrected chi connectivity index (χ3v) is 4.38. The molecule has 1 aliphatic heterocycles. The van der Waals surface area contributed by atoms with E-state index in [4.69, 9.17) is 4.74 Å². The maximum Gasteiger partial charge on any atom is 0.387 e. The molecule has 1 aliphatic rings. The minimum atomic E-state index is -2.83. The number of nitrogens with one attached hydrogen (secondary N) is 2. The molecule has 1 aromatic carbocycles. The Bertz CT molecular complexity index is 614. The Balaban J connectivity index is 1.77. The Kier molecular flexibility index (Phi) is 9.27. The van der Waals surface area contributed by atoms with E-state index in [1.54, 1.807) is 19.2 Å². The number of guanidine groups is 1. The zero-order chi connectivity index (χ0) is 20.4. The number of para-hydroxylation sites is 2. The molecule has 0 aliphatic carbocycles. The first-order chi connectivity index (χ1) is 13.5. The fraction of sp³-hybridized carbons (Fsp3) is 0.650. The molecule has 2 N–H and O–H groups in total. The van der Waals surface area contributed by atoms with E-state index in [2.05, 4.69) is 39.1 Å². The lowest BCUT2D eigenvalue weighted by atomic mass is 10.2. The molecule has 1 saturated heterocycles. The van der Waals surface area contributed by atoms with Gasteiger partial charge in [-0.15, -0.1) is 0 Å². The molecule has 1 atom stereocenters. The molecule has 1 aromatic rings. The number of alkyl halides is 2. The third kappa shape index (κ3) is 7.50. The molecule has 0 bridgehead atoms. The van der Waals surface area contributed by atoms with Crippen LogP contribution in [0.5, 0.6) is 5.75 Å². The van der Waals surface area contributed by atoms with E-state index in [0.29, 0.717) is 18.2 Å². The quantitative estimate of drug-likeness (QED) is 0.360. The van der Waals surface area contributed by atoms with Gasteiger partial charge in [0.25, 0.3) is 0 Å². The summed E-state index contributed by atoms with van der Waals surface area (Å²) in [6.07, 6.45) is 1.80. The van der Waals surface area contributed by atoms with Gasteiger partial charge in [-0.25, -0.2) is 0 Å². The fourth-order valence-electron chi connectivity index (χ4n) is 3.10. The van der Waals surface area contributed by atoms with Crippen LogP contribution in [-0.4, -0.2) is 58.5 Å². The van der Waals surface area contributed by atoms with Gasteiger partial charge in [-0.1, -0.05) is 26.0 Å². The van der Waals surface area contributed by atoms with Crippen molar-refractivity contribution < 1.29 is 18.3 Å². The van der Waals surface area contributed by atoms with Gasteiger partial charge < -0.3 is 25.0 Å². The van der Waals surface area contributed by atoms with E-state index < -0.39 is 6.61 Å². The number of halogens is 2. The summed E-state index contributed by atoms with van der Waals surface area (Å²) < 4.78 is 35.5. The van der Waals surface area contributed by atoms with E-state index in [9.17, 15) is 8.78 Å². The summed E-state index contributed by atoms with van der Waals surface area (Å²) in [5.41, 5.74) is 0.692. The predicted octanol–water partition coefficient (Wildman–Crippen LogP) is 3.09. The monoisotopic (exact) mass is 398 g/mol. The van der Waals surface area contributed by atoms with Gasteiger partial charge >= 0.3 is 6.61 Å². The summed E-state index contributed by atoms with van der Waals surface area (Å²) in [4.78, 5) is 6.32. The van der Waals surface area contributed by atoms with Crippen molar-refractivity contribution in [2.75, 3.05) is 44.8 Å². The zero-order valence-corrected chi connectivity index (χ0v) is 17.0. The first-order valence-corrected chi connectivity index (χ1v) is 9.83. The molecule has 1 fully saturated rings. The summed E-state index contributed by atoms with van der Waals surface area (Å²) in [6.45, 7) is 5.18. The summed E-state index contributed by atoms with van der Waals surface area (Å²) in [7, 11) is 1.74. The van der Waals surface area contributed by atoms with Gasteiger partial charge in [0, 0.05) is 45.9 Å². The maximum absolute atomic E-state index is 12.6. The SMILES string of the molecule is CN=C(NCCCOCC(C)C)NC1CCN(c2ccccc2OC(F)F)C1. The average molecular weight is 398 g/mol. The van der Waals surface area contributed by atoms with Gasteiger partial charge in [0.2, 0.25) is 0 Å². The van der Waals surface area contributed by atoms with Gasteiger partial charge in [-0.3, -0.25) is 4.99 Å². The molecule has 158 valence electrons. The Morgan fingerprint density at radius 3 is 2.82 bits per heavy atom. The molecule has 0 aromatic heterocycles. The number of nitrogens with zero attached hydrogens (tertiary/aromatic N) is 2. The van der Waals surface area contributed by atoms with Gasteiger partial charge in [0.05, 0.1) is 5.69 Å². The Hall–Kier alpha value is -2.09. The lowest BCUT2D eigenvalue weighted by Gasteiger charge is -2.22. The van der Waals surface area contributed by atoms with Crippen LogP contribution in [0.3, 0.4) is 0 Å². The van der Waals surface area contributed by atoms with Crippen LogP contribution in [0.2, 0.25) is 0 Å². The number of hydrogen-bond donors (Lipinski definition) is 2. The third-order valence-electron chi connectivity index (χ3n) is 4.38. The molecule has 1 unspecified atom stereocenters. The molecule has 0 amide bonds. The largest absolute Gasteiger partial charge is 0.433 e. The second kappa shape index (κ2) is 11.7. The van der Waals surface area contributed by atoms with Gasteiger partial charge in [0.15, 0.2) is 5.96 Å². The smallest absolute Gasteiger partial charge is 0.387 e. The van der Waals surface area contributed by atoms with Crippen LogP contribution >= 0.6 is 0 Å². The van der Waals surface area contributed by atoms with Crippen LogP contribution in [-0.2, 0) is 4.74 Å². The highest BCUT2D eigenvalue weighted by Crippen LogP contribution is 2.31. The summed E-state index contributed by atoms with van der Waals surface area (Å²) >= 11 is 0. The van der Waals surface area contributed by atoms with Crippen LogP contribution in [0.15, 0.2) is 29.3 Å². The second-order valence-corrected chi connectivity index (χ2v) is 7.24. The van der Waals surface area contributed by atoms with Crippen LogP contribution in [0.1, 0.15) is 26.7 Å². The van der Waals surface area contributed by atoms with Crippen LogP contribution < -0.4 is 20.3 Å². The Morgan fingerprint density at radius 2 is 2.11 bits per heavy atom. The molecule has 28 heavy (non-hydrogen) atoms. The first kappa shape index (κ1) is 22.2. The van der Waals surface area contributed by atoms with Crippen molar-refractivity contribution in [3.8, 4) is 5.75 Å². The molecule has 0 saturated carbocycles. The average Bonchev–Trinajstić information content (AvgIpc) is 3.11. The highest BCUT2D eigenvalue weighted by Gasteiger charge is 2.25. The number of rotatable bonds is 10. The minimum absolute atomic E-state index is 0.183. The number of benzene rings is 1. The van der Waals surface area contributed by atoms with Crippen molar-refractivity contribution in [2.45, 2.75) is 39.3 Å². The van der Waals surface area contributed by atoms with Crippen molar-refractivity contribution >= 4 is 11.6 Å². The van der Waals surface area contributed by atoms with Crippen molar-refractivity contribution in [1.82, 2.24) is 10.6 Å². The van der Waals surface area contributed by atoms with Crippen LogP contribution in [0.4, 0.5) is 14.5 Å². The summed E-state index contributed by atoms with van der Waals surface area (Å²) in [5.74, 6) is 1.50. The highest BCUT2D eigenvalue weighted by molar-refractivity contribution is 5.80. The lowest BCUT2D eigenvalue weighted by Crippen LogP contribution is -2.45. The molecular formula is C20H32F2N4O2. The fourth-order valence-corrected chi connectivity index (χ4v) is 3.10. The van der Waals surface area contributed by atoms with Gasteiger partial charge in [-0.05, 0) is 30.9 Å². The molecule has 0 spiro atoms. The molecule has 8 heteroatoms. The Morgan fingerprint density at radius 1 is 1.32 bits per heavy atom. The van der Waals surface area contributed by atoms with E-state index in [1.807, 2.05) is 12.1 Å². The van der Waals surface area contributed by atoms with Crippen LogP contribution in [0.25, 0.3) is 0 Å². The van der Waals surface area contributed by atoms with Crippen molar-refractivity contribution in [3.63, 3.8) is 0 Å². The summed E-state index contributed by atoms with van der Waals surface area (Å²) in [6, 6.07) is 7.09. The van der Waals surface area contributed by atoms with Crippen molar-refractivity contribution in [3.05, 3.63) is 24.3 Å². The van der Waals surface area contributed by atoms with Gasteiger partial charge in [0.1, 0.15) is 5.75 Å². The van der Waals surface area contributed by atoms with E-state index >= 15 is 0 Å². The predicted molar refractivity (Wildman–Crippen MR) is 108 cm³/mol. The maximum atomic E-state index is 12.6. The zero-order valence-electron chi connectivity index (χ0n) is 17.0. The standard InChI is InChI=1S/C20H32F2N4O2/c1-15(2)14-27-12-6-10-24-20(23-3)25-16-9-11-26(13-16)17-7-4-5-8-18(17)28-19(21)22/h4-5,7-8,15-16,19H,6,9-14H2,1-3H3,(H2,23,24,25). The van der Waals surface area contributed by atoms with E-state index in [0.717, 1.165) is 45.1 Å². The molecular weight excluding hydrogens is 366 g/mol. The first-order valence-electron chi connectivity index (χ1n) is 9.83. The number of hydrogen-bond acceptors (Lipinski definition) is 4. The molecule has 6 nitrogen and oxygen atoms in total. The minimum Gasteiger partial charge on any atom is -0.433 e. The summed E-state index contributed by atoms with van der Waals surface area (Å²) in [5, 5.41) is 6.70. The van der Waals surface area contributed by atoms with Gasteiger partial charge in [-0.2, -0.15) is 8.78 Å². The number of ether oxygens (including phenoxy) is 2. The molecule has 1 heterocycles. The normalized spacial score (nSPS) is 17.5. The number of aliphatic imine (C=N–C) groups is 1. The van der Waals surface area contributed by atoms with E-state index in [1.165, 1.54) is 0 Å². The van der Waals surface area contributed by atoms with Crippen LogP contribution in [0, 0.1) is 5.92 Å². The Labute approximate surface area is 166 Å².